The Hall–Kier alpha value is -1.09. The van der Waals surface area contributed by atoms with Gasteiger partial charge in [0.15, 0.2) is 0 Å². The zero-order valence-corrected chi connectivity index (χ0v) is 8.46. The van der Waals surface area contributed by atoms with Crippen LogP contribution in [-0.2, 0) is 0 Å². The van der Waals surface area contributed by atoms with Crippen LogP contribution in [0.25, 0.3) is 0 Å². The van der Waals surface area contributed by atoms with Gasteiger partial charge >= 0.3 is 0 Å². The van der Waals surface area contributed by atoms with E-state index in [-0.39, 0.29) is 6.04 Å². The Morgan fingerprint density at radius 1 is 1.62 bits per heavy atom. The quantitative estimate of drug-likeness (QED) is 0.744. The third-order valence-corrected chi connectivity index (χ3v) is 2.25. The Morgan fingerprint density at radius 2 is 2.31 bits per heavy atom. The Morgan fingerprint density at radius 3 is 2.77 bits per heavy atom. The molecule has 1 rings (SSSR count). The molecule has 0 amide bonds. The molecule has 0 saturated carbocycles. The molecule has 0 aliphatic rings. The summed E-state index contributed by atoms with van der Waals surface area (Å²) >= 11 is 0. The highest BCUT2D eigenvalue weighted by Crippen LogP contribution is 2.19. The van der Waals surface area contributed by atoms with Crippen molar-refractivity contribution in [3.63, 3.8) is 0 Å². The molecule has 0 unspecified atom stereocenters. The monoisotopic (exact) mass is 179 g/mol. The van der Waals surface area contributed by atoms with Crippen molar-refractivity contribution in [2.75, 3.05) is 12.4 Å². The highest BCUT2D eigenvalue weighted by Gasteiger charge is 2.07. The average molecular weight is 179 g/mol. The van der Waals surface area contributed by atoms with Crippen LogP contribution in [0.4, 0.5) is 5.82 Å². The van der Waals surface area contributed by atoms with E-state index in [4.69, 9.17) is 5.73 Å². The highest BCUT2D eigenvalue weighted by molar-refractivity contribution is 5.40. The summed E-state index contributed by atoms with van der Waals surface area (Å²) in [5, 5.41) is 3.00. The lowest BCUT2D eigenvalue weighted by atomic mass is 10.0. The lowest BCUT2D eigenvalue weighted by molar-refractivity contribution is 0.690. The molecule has 1 aromatic heterocycles. The summed E-state index contributed by atoms with van der Waals surface area (Å²) in [6, 6.07) is 2.13. The summed E-state index contributed by atoms with van der Waals surface area (Å²) < 4.78 is 0. The van der Waals surface area contributed by atoms with Crippen LogP contribution >= 0.6 is 0 Å². The van der Waals surface area contributed by atoms with Crippen molar-refractivity contribution in [3.8, 4) is 0 Å². The van der Waals surface area contributed by atoms with Gasteiger partial charge in [-0.1, -0.05) is 6.92 Å². The van der Waals surface area contributed by atoms with Crippen LogP contribution in [0.5, 0.6) is 0 Å². The molecular weight excluding hydrogens is 162 g/mol. The van der Waals surface area contributed by atoms with Crippen LogP contribution in [0.1, 0.15) is 30.5 Å². The maximum absolute atomic E-state index is 5.93. The van der Waals surface area contributed by atoms with Crippen molar-refractivity contribution in [2.24, 2.45) is 5.73 Å². The molecule has 1 atom stereocenters. The maximum atomic E-state index is 5.93. The predicted molar refractivity (Wildman–Crippen MR) is 55.7 cm³/mol. The maximum Gasteiger partial charge on any atom is 0.125 e. The number of nitrogens with zero attached hydrogens (tertiary/aromatic N) is 1. The first-order valence-corrected chi connectivity index (χ1v) is 4.59. The lowest BCUT2D eigenvalue weighted by Crippen LogP contribution is -2.11. The number of nitrogens with one attached hydrogen (secondary N) is 1. The number of pyridine rings is 1. The summed E-state index contributed by atoms with van der Waals surface area (Å²) in [5.41, 5.74) is 8.27. The van der Waals surface area contributed by atoms with Gasteiger partial charge in [-0.3, -0.25) is 0 Å². The van der Waals surface area contributed by atoms with Crippen LogP contribution in [0.2, 0.25) is 0 Å². The number of rotatable bonds is 3. The van der Waals surface area contributed by atoms with Crippen LogP contribution in [0.15, 0.2) is 12.3 Å². The third kappa shape index (κ3) is 2.18. The van der Waals surface area contributed by atoms with E-state index in [0.29, 0.717) is 0 Å². The summed E-state index contributed by atoms with van der Waals surface area (Å²) in [6.07, 6.45) is 2.80. The Bertz CT molecular complexity index is 283. The molecule has 0 radical (unpaired) electrons. The Labute approximate surface area is 79.4 Å². The zero-order chi connectivity index (χ0) is 9.84. The van der Waals surface area contributed by atoms with Crippen LogP contribution in [-0.4, -0.2) is 12.0 Å². The molecule has 3 heteroatoms. The topological polar surface area (TPSA) is 50.9 Å². The highest BCUT2D eigenvalue weighted by atomic mass is 14.9. The molecule has 0 aliphatic carbocycles. The molecule has 0 bridgehead atoms. The molecule has 72 valence electrons. The average Bonchev–Trinajstić information content (AvgIpc) is 2.16. The minimum absolute atomic E-state index is 0.110. The summed E-state index contributed by atoms with van der Waals surface area (Å²) in [5.74, 6) is 0.893. The summed E-state index contributed by atoms with van der Waals surface area (Å²) in [7, 11) is 1.86. The van der Waals surface area contributed by atoms with Crippen LogP contribution in [0, 0.1) is 6.92 Å². The Balaban J connectivity index is 2.98. The number of hydrogen-bond donors (Lipinski definition) is 2. The third-order valence-electron chi connectivity index (χ3n) is 2.25. The van der Waals surface area contributed by atoms with E-state index in [1.165, 1.54) is 5.56 Å². The summed E-state index contributed by atoms with van der Waals surface area (Å²) in [6.45, 7) is 4.14. The standard InChI is InChI=1S/C10H17N3/c1-4-9(11)8-6-13-10(12-3)5-7(8)2/h5-6,9H,4,11H2,1-3H3,(H,12,13)/t9-/m1/s1. The van der Waals surface area contributed by atoms with Gasteiger partial charge in [-0.15, -0.1) is 0 Å². The van der Waals surface area contributed by atoms with Crippen molar-refractivity contribution in [1.82, 2.24) is 4.98 Å². The second-order valence-electron chi connectivity index (χ2n) is 3.19. The molecule has 0 fully saturated rings. The number of anilines is 1. The molecule has 1 heterocycles. The number of nitrogens with two attached hydrogens (primary N) is 1. The molecule has 1 aromatic rings. The van der Waals surface area contributed by atoms with Gasteiger partial charge in [-0.25, -0.2) is 4.98 Å². The van der Waals surface area contributed by atoms with Gasteiger partial charge in [0.2, 0.25) is 0 Å². The van der Waals surface area contributed by atoms with Crippen molar-refractivity contribution in [3.05, 3.63) is 23.4 Å². The van der Waals surface area contributed by atoms with E-state index in [9.17, 15) is 0 Å². The van der Waals surface area contributed by atoms with Crippen LogP contribution in [0.3, 0.4) is 0 Å². The number of aromatic nitrogens is 1. The minimum Gasteiger partial charge on any atom is -0.373 e. The van der Waals surface area contributed by atoms with Gasteiger partial charge in [0.05, 0.1) is 0 Å². The van der Waals surface area contributed by atoms with E-state index in [0.717, 1.165) is 17.8 Å². The van der Waals surface area contributed by atoms with E-state index in [2.05, 4.69) is 24.1 Å². The second-order valence-corrected chi connectivity index (χ2v) is 3.19. The molecular formula is C10H17N3. The van der Waals surface area contributed by atoms with E-state index in [1.54, 1.807) is 0 Å². The fourth-order valence-electron chi connectivity index (χ4n) is 1.31. The van der Waals surface area contributed by atoms with Crippen molar-refractivity contribution in [1.29, 1.82) is 0 Å². The fourth-order valence-corrected chi connectivity index (χ4v) is 1.31. The molecule has 0 aliphatic heterocycles. The molecule has 3 nitrogen and oxygen atoms in total. The molecule has 0 saturated heterocycles. The van der Waals surface area contributed by atoms with Gasteiger partial charge in [-0.05, 0) is 30.5 Å². The van der Waals surface area contributed by atoms with E-state index >= 15 is 0 Å². The zero-order valence-electron chi connectivity index (χ0n) is 8.46. The van der Waals surface area contributed by atoms with Gasteiger partial charge in [0, 0.05) is 19.3 Å². The molecule has 0 aromatic carbocycles. The fraction of sp³-hybridized carbons (Fsp3) is 0.500. The smallest absolute Gasteiger partial charge is 0.125 e. The molecule has 13 heavy (non-hydrogen) atoms. The largest absolute Gasteiger partial charge is 0.373 e. The predicted octanol–water partition coefficient (Wildman–Crippen LogP) is 1.84. The van der Waals surface area contributed by atoms with Gasteiger partial charge in [0.1, 0.15) is 5.82 Å². The van der Waals surface area contributed by atoms with Crippen molar-refractivity contribution >= 4 is 5.82 Å². The first-order chi connectivity index (χ1) is 6.19. The first-order valence-electron chi connectivity index (χ1n) is 4.59. The van der Waals surface area contributed by atoms with Gasteiger partial charge in [-0.2, -0.15) is 0 Å². The number of aryl methyl sites for hydroxylation is 1. The van der Waals surface area contributed by atoms with Gasteiger partial charge in [0.25, 0.3) is 0 Å². The molecule has 3 N–H and O–H groups in total. The van der Waals surface area contributed by atoms with Crippen molar-refractivity contribution in [2.45, 2.75) is 26.3 Å². The van der Waals surface area contributed by atoms with Gasteiger partial charge < -0.3 is 11.1 Å². The Kier molecular flexibility index (Phi) is 3.25. The second kappa shape index (κ2) is 4.23. The SMILES string of the molecule is CC[C@@H](N)c1cnc(NC)cc1C. The van der Waals surface area contributed by atoms with Crippen LogP contribution < -0.4 is 11.1 Å². The molecule has 0 spiro atoms. The lowest BCUT2D eigenvalue weighted by Gasteiger charge is -2.12. The number of hydrogen-bond acceptors (Lipinski definition) is 3. The first kappa shape index (κ1) is 9.99. The van der Waals surface area contributed by atoms with Crippen molar-refractivity contribution < 1.29 is 0 Å². The summed E-state index contributed by atoms with van der Waals surface area (Å²) in [4.78, 5) is 4.24. The minimum atomic E-state index is 0.110. The van der Waals surface area contributed by atoms with E-state index < -0.39 is 0 Å². The van der Waals surface area contributed by atoms with E-state index in [1.807, 2.05) is 19.3 Å². The normalized spacial score (nSPS) is 12.6.